The van der Waals surface area contributed by atoms with Crippen LogP contribution in [-0.4, -0.2) is 54.7 Å². The molecule has 6 nitrogen and oxygen atoms in total. The van der Waals surface area contributed by atoms with Gasteiger partial charge in [0, 0.05) is 74.7 Å². The number of methoxy groups -OCH3 is 1. The Kier molecular flexibility index (Phi) is 6.14. The van der Waals surface area contributed by atoms with Crippen LogP contribution < -0.4 is 14.5 Å². The molecular formula is C25H28ClN5O. The van der Waals surface area contributed by atoms with Crippen molar-refractivity contribution in [3.63, 3.8) is 0 Å². The van der Waals surface area contributed by atoms with E-state index in [9.17, 15) is 0 Å². The molecule has 0 unspecified atom stereocenters. The average molecular weight is 450 g/mol. The van der Waals surface area contributed by atoms with E-state index in [0.29, 0.717) is 0 Å². The number of halogens is 1. The van der Waals surface area contributed by atoms with Crippen LogP contribution in [0.5, 0.6) is 5.75 Å². The maximum atomic E-state index is 6.01. The van der Waals surface area contributed by atoms with Gasteiger partial charge in [-0.15, -0.1) is 0 Å². The lowest BCUT2D eigenvalue weighted by Gasteiger charge is -2.36. The lowest BCUT2D eigenvalue weighted by atomic mass is 10.1. The van der Waals surface area contributed by atoms with E-state index in [4.69, 9.17) is 26.3 Å². The number of anilines is 2. The Bertz CT molecular complexity index is 1050. The van der Waals surface area contributed by atoms with Crippen molar-refractivity contribution in [1.82, 2.24) is 14.9 Å². The molecular weight excluding hydrogens is 422 g/mol. The van der Waals surface area contributed by atoms with Crippen LogP contribution in [0.4, 0.5) is 11.6 Å². The fourth-order valence-corrected chi connectivity index (χ4v) is 4.58. The third-order valence-electron chi connectivity index (χ3n) is 6.32. The highest BCUT2D eigenvalue weighted by Gasteiger charge is 2.23. The molecule has 1 saturated heterocycles. The first-order valence-corrected chi connectivity index (χ1v) is 11.5. The number of ether oxygens (including phenoxy) is 1. The highest BCUT2D eigenvalue weighted by molar-refractivity contribution is 6.30. The van der Waals surface area contributed by atoms with Gasteiger partial charge >= 0.3 is 0 Å². The van der Waals surface area contributed by atoms with Gasteiger partial charge in [-0.05, 0) is 42.0 Å². The summed E-state index contributed by atoms with van der Waals surface area (Å²) in [5.41, 5.74) is 4.95. The van der Waals surface area contributed by atoms with Crippen LogP contribution in [0.15, 0.2) is 54.7 Å². The number of hydrogen-bond acceptors (Lipinski definition) is 6. The zero-order valence-corrected chi connectivity index (χ0v) is 19.1. The van der Waals surface area contributed by atoms with Gasteiger partial charge in [0.05, 0.1) is 12.8 Å². The highest BCUT2D eigenvalue weighted by Crippen LogP contribution is 2.24. The molecule has 0 saturated carbocycles. The normalized spacial score (nSPS) is 16.7. The Labute approximate surface area is 194 Å². The van der Waals surface area contributed by atoms with Gasteiger partial charge in [0.1, 0.15) is 5.75 Å². The molecule has 0 N–H and O–H groups in total. The highest BCUT2D eigenvalue weighted by atomic mass is 35.5. The van der Waals surface area contributed by atoms with Crippen LogP contribution in [0, 0.1) is 0 Å². The number of piperazine rings is 1. The summed E-state index contributed by atoms with van der Waals surface area (Å²) in [6.45, 7) is 6.59. The van der Waals surface area contributed by atoms with Crippen LogP contribution in [0.1, 0.15) is 16.8 Å². The van der Waals surface area contributed by atoms with E-state index in [-0.39, 0.29) is 0 Å². The van der Waals surface area contributed by atoms with Gasteiger partial charge in [-0.25, -0.2) is 9.97 Å². The van der Waals surface area contributed by atoms with Gasteiger partial charge < -0.3 is 14.5 Å². The van der Waals surface area contributed by atoms with Crippen molar-refractivity contribution in [3.8, 4) is 5.75 Å². The smallest absolute Gasteiger partial charge is 0.225 e. The summed E-state index contributed by atoms with van der Waals surface area (Å²) in [6, 6.07) is 16.4. The molecule has 0 radical (unpaired) electrons. The predicted molar refractivity (Wildman–Crippen MR) is 129 cm³/mol. The van der Waals surface area contributed by atoms with Gasteiger partial charge in [-0.2, -0.15) is 0 Å². The van der Waals surface area contributed by atoms with Crippen LogP contribution in [0.2, 0.25) is 5.02 Å². The molecule has 3 heterocycles. The summed E-state index contributed by atoms with van der Waals surface area (Å²) in [5, 5.41) is 0.781. The maximum Gasteiger partial charge on any atom is 0.225 e. The number of benzene rings is 2. The average Bonchev–Trinajstić information content (AvgIpc) is 2.85. The second kappa shape index (κ2) is 9.35. The van der Waals surface area contributed by atoms with Crippen molar-refractivity contribution < 1.29 is 4.74 Å². The summed E-state index contributed by atoms with van der Waals surface area (Å²) < 4.78 is 5.27. The Balaban J connectivity index is 1.19. The standard InChI is InChI=1S/C25H28ClN5O/c1-32-23-8-6-22(7-9-23)30-12-14-31(15-13-30)25-27-16-20-18-29(11-10-24(20)28-25)17-19-2-4-21(26)5-3-19/h2-9,16H,10-15,17-18H2,1H3. The Hall–Kier alpha value is -2.83. The van der Waals surface area contributed by atoms with Crippen LogP contribution in [-0.2, 0) is 19.5 Å². The van der Waals surface area contributed by atoms with E-state index in [0.717, 1.165) is 69.0 Å². The van der Waals surface area contributed by atoms with E-state index in [2.05, 4.69) is 39.0 Å². The number of rotatable bonds is 5. The second-order valence-corrected chi connectivity index (χ2v) is 8.84. The van der Waals surface area contributed by atoms with Crippen LogP contribution in [0.3, 0.4) is 0 Å². The topological polar surface area (TPSA) is 44.7 Å². The second-order valence-electron chi connectivity index (χ2n) is 8.40. The fourth-order valence-electron chi connectivity index (χ4n) is 4.46. The van der Waals surface area contributed by atoms with Crippen LogP contribution in [0.25, 0.3) is 0 Å². The largest absolute Gasteiger partial charge is 0.497 e. The van der Waals surface area contributed by atoms with Gasteiger partial charge in [-0.1, -0.05) is 23.7 Å². The van der Waals surface area contributed by atoms with Gasteiger partial charge in [-0.3, -0.25) is 4.90 Å². The van der Waals surface area contributed by atoms with E-state index in [1.165, 1.54) is 22.5 Å². The van der Waals surface area contributed by atoms with Crippen LogP contribution >= 0.6 is 11.6 Å². The lowest BCUT2D eigenvalue weighted by Crippen LogP contribution is -2.47. The number of hydrogen-bond donors (Lipinski definition) is 0. The first kappa shape index (κ1) is 21.0. The molecule has 2 aliphatic heterocycles. The lowest BCUT2D eigenvalue weighted by molar-refractivity contribution is 0.243. The summed E-state index contributed by atoms with van der Waals surface area (Å²) in [4.78, 5) is 16.8. The monoisotopic (exact) mass is 449 g/mol. The van der Waals surface area contributed by atoms with Crippen molar-refractivity contribution in [1.29, 1.82) is 0 Å². The minimum atomic E-state index is 0.781. The minimum Gasteiger partial charge on any atom is -0.497 e. The Morgan fingerprint density at radius 1 is 0.906 bits per heavy atom. The molecule has 2 aromatic carbocycles. The molecule has 166 valence electrons. The first-order valence-electron chi connectivity index (χ1n) is 11.1. The third kappa shape index (κ3) is 4.66. The SMILES string of the molecule is COc1ccc(N2CCN(c3ncc4c(n3)CCN(Cc3ccc(Cl)cc3)C4)CC2)cc1. The molecule has 0 atom stereocenters. The molecule has 0 aliphatic carbocycles. The minimum absolute atomic E-state index is 0.781. The van der Waals surface area contributed by atoms with Gasteiger partial charge in [0.2, 0.25) is 5.95 Å². The van der Waals surface area contributed by atoms with Crippen molar-refractivity contribution >= 4 is 23.2 Å². The molecule has 3 aromatic rings. The van der Waals surface area contributed by atoms with E-state index in [1.807, 2.05) is 30.5 Å². The predicted octanol–water partition coefficient (Wildman–Crippen LogP) is 4.02. The zero-order valence-electron chi connectivity index (χ0n) is 18.4. The molecule has 0 spiro atoms. The number of aromatic nitrogens is 2. The zero-order chi connectivity index (χ0) is 21.9. The van der Waals surface area contributed by atoms with E-state index in [1.54, 1.807) is 7.11 Å². The molecule has 1 fully saturated rings. The van der Waals surface area contributed by atoms with Gasteiger partial charge in [0.15, 0.2) is 0 Å². The summed E-state index contributed by atoms with van der Waals surface area (Å²) in [5.74, 6) is 1.76. The summed E-state index contributed by atoms with van der Waals surface area (Å²) in [7, 11) is 1.70. The number of fused-ring (bicyclic) bond motifs is 1. The summed E-state index contributed by atoms with van der Waals surface area (Å²) in [6.07, 6.45) is 2.99. The van der Waals surface area contributed by atoms with Crippen molar-refractivity contribution in [3.05, 3.63) is 76.6 Å². The molecule has 32 heavy (non-hydrogen) atoms. The molecule has 2 aliphatic rings. The van der Waals surface area contributed by atoms with E-state index < -0.39 is 0 Å². The molecule has 0 amide bonds. The summed E-state index contributed by atoms with van der Waals surface area (Å²) >= 11 is 6.01. The molecule has 5 rings (SSSR count). The maximum absolute atomic E-state index is 6.01. The van der Waals surface area contributed by atoms with E-state index >= 15 is 0 Å². The molecule has 7 heteroatoms. The molecule has 0 bridgehead atoms. The number of nitrogens with zero attached hydrogens (tertiary/aromatic N) is 5. The Morgan fingerprint density at radius 2 is 1.62 bits per heavy atom. The Morgan fingerprint density at radius 3 is 2.34 bits per heavy atom. The molecule has 1 aromatic heterocycles. The van der Waals surface area contributed by atoms with Gasteiger partial charge in [0.25, 0.3) is 0 Å². The quantitative estimate of drug-likeness (QED) is 0.586. The van der Waals surface area contributed by atoms with Crippen molar-refractivity contribution in [2.24, 2.45) is 0 Å². The third-order valence-corrected chi connectivity index (χ3v) is 6.57. The first-order chi connectivity index (χ1) is 15.7. The van der Waals surface area contributed by atoms with Crippen molar-refractivity contribution in [2.45, 2.75) is 19.5 Å². The fraction of sp³-hybridized carbons (Fsp3) is 0.360. The van der Waals surface area contributed by atoms with Crippen molar-refractivity contribution in [2.75, 3.05) is 49.6 Å².